The van der Waals surface area contributed by atoms with Crippen molar-refractivity contribution in [2.75, 3.05) is 26.0 Å². The summed E-state index contributed by atoms with van der Waals surface area (Å²) in [6.45, 7) is 2.11. The monoisotopic (exact) mass is 342 g/mol. The summed E-state index contributed by atoms with van der Waals surface area (Å²) in [4.78, 5) is 24.4. The highest BCUT2D eigenvalue weighted by Crippen LogP contribution is 2.26. The van der Waals surface area contributed by atoms with E-state index in [2.05, 4.69) is 10.6 Å². The maximum Gasteiger partial charge on any atom is 0.287 e. The lowest BCUT2D eigenvalue weighted by Gasteiger charge is -2.17. The topological polar surface area (TPSA) is 84.0 Å². The fourth-order valence-corrected chi connectivity index (χ4v) is 2.51. The Balaban J connectivity index is 2.23. The fourth-order valence-electron chi connectivity index (χ4n) is 2.51. The van der Waals surface area contributed by atoms with E-state index in [0.717, 1.165) is 11.1 Å². The molecule has 1 atom stereocenters. The molecule has 0 aliphatic rings. The van der Waals surface area contributed by atoms with E-state index < -0.39 is 6.04 Å². The summed E-state index contributed by atoms with van der Waals surface area (Å²) < 4.78 is 5.31. The van der Waals surface area contributed by atoms with Crippen molar-refractivity contribution in [3.05, 3.63) is 59.7 Å². The maximum absolute atomic E-state index is 12.9. The van der Waals surface area contributed by atoms with E-state index in [-0.39, 0.29) is 18.4 Å². The number of anilines is 1. The Bertz CT molecular complexity index is 732. The number of benzene rings is 2. The average Bonchev–Trinajstić information content (AvgIpc) is 2.62. The van der Waals surface area contributed by atoms with Crippen LogP contribution in [0.2, 0.25) is 0 Å². The second-order valence-electron chi connectivity index (χ2n) is 5.69. The summed E-state index contributed by atoms with van der Waals surface area (Å²) in [7, 11) is 3.14. The number of carbonyl (C=O) groups excluding carboxylic acids is 2. The average molecular weight is 342 g/mol. The van der Waals surface area contributed by atoms with Crippen LogP contribution in [0.1, 0.15) is 17.2 Å². The zero-order chi connectivity index (χ0) is 18.2. The predicted molar refractivity (Wildman–Crippen MR) is 96.4 cm³/mol. The number of ether oxygens (including phenoxy) is 1. The van der Waals surface area contributed by atoms with Crippen LogP contribution in [0.5, 0.6) is 5.75 Å². The lowest BCUT2D eigenvalue weighted by molar-refractivity contribution is -0.672. The van der Waals surface area contributed by atoms with Crippen LogP contribution >= 0.6 is 0 Å². The second kappa shape index (κ2) is 8.84. The molecule has 0 bridgehead atoms. The Morgan fingerprint density at radius 1 is 1.16 bits per heavy atom. The van der Waals surface area contributed by atoms with Gasteiger partial charge in [0, 0.05) is 12.6 Å². The number of hydrogen-bond acceptors (Lipinski definition) is 3. The van der Waals surface area contributed by atoms with E-state index in [0.29, 0.717) is 11.4 Å². The number of amides is 2. The number of nitrogens with one attached hydrogen (secondary N) is 2. The molecule has 0 aliphatic heterocycles. The summed E-state index contributed by atoms with van der Waals surface area (Å²) in [6, 6.07) is 14.4. The Kier molecular flexibility index (Phi) is 6.54. The second-order valence-corrected chi connectivity index (χ2v) is 5.69. The molecule has 0 aliphatic carbocycles. The van der Waals surface area contributed by atoms with Gasteiger partial charge in [0.2, 0.25) is 0 Å². The van der Waals surface area contributed by atoms with E-state index in [1.54, 1.807) is 19.5 Å². The van der Waals surface area contributed by atoms with Crippen LogP contribution in [-0.2, 0) is 9.59 Å². The molecule has 132 valence electrons. The zero-order valence-electron chi connectivity index (χ0n) is 14.7. The van der Waals surface area contributed by atoms with Crippen molar-refractivity contribution < 1.29 is 19.6 Å². The highest BCUT2D eigenvalue weighted by Gasteiger charge is 2.25. The predicted octanol–water partition coefficient (Wildman–Crippen LogP) is 0.993. The molecule has 25 heavy (non-hydrogen) atoms. The van der Waals surface area contributed by atoms with Crippen molar-refractivity contribution in [1.82, 2.24) is 5.32 Å². The van der Waals surface area contributed by atoms with E-state index in [9.17, 15) is 9.59 Å². The summed E-state index contributed by atoms with van der Waals surface area (Å²) in [6.07, 6.45) is 0. The Hall–Kier alpha value is -2.86. The molecule has 0 heterocycles. The molecule has 0 saturated heterocycles. The molecule has 0 unspecified atom stereocenters. The third-order valence-electron chi connectivity index (χ3n) is 3.87. The number of rotatable bonds is 7. The van der Waals surface area contributed by atoms with Gasteiger partial charge in [-0.25, -0.2) is 0 Å². The van der Waals surface area contributed by atoms with Gasteiger partial charge in [-0.3, -0.25) is 9.59 Å². The quantitative estimate of drug-likeness (QED) is 0.702. The van der Waals surface area contributed by atoms with Crippen LogP contribution in [0.15, 0.2) is 48.5 Å². The molecule has 6 nitrogen and oxygen atoms in total. The number of quaternary nitrogens is 1. The fraction of sp³-hybridized carbons (Fsp3) is 0.263. The number of aryl methyl sites for hydroxylation is 1. The van der Waals surface area contributed by atoms with Crippen molar-refractivity contribution in [3.8, 4) is 5.75 Å². The first kappa shape index (κ1) is 18.5. The molecule has 2 amide bonds. The molecule has 2 aromatic rings. The van der Waals surface area contributed by atoms with E-state index >= 15 is 0 Å². The van der Waals surface area contributed by atoms with Crippen LogP contribution < -0.4 is 20.7 Å². The SMILES string of the molecule is CNC(=O)C[NH2+][C@H](C(=O)Nc1cc(C)ccc1OC)c1ccccc1. The summed E-state index contributed by atoms with van der Waals surface area (Å²) in [5, 5.41) is 7.19. The van der Waals surface area contributed by atoms with Gasteiger partial charge in [0.15, 0.2) is 12.6 Å². The van der Waals surface area contributed by atoms with Gasteiger partial charge in [-0.1, -0.05) is 36.4 Å². The van der Waals surface area contributed by atoms with Gasteiger partial charge in [-0.2, -0.15) is 0 Å². The first-order valence-electron chi connectivity index (χ1n) is 8.09. The minimum atomic E-state index is -0.538. The van der Waals surface area contributed by atoms with Gasteiger partial charge < -0.3 is 20.7 Å². The van der Waals surface area contributed by atoms with Crippen LogP contribution in [0, 0.1) is 6.92 Å². The maximum atomic E-state index is 12.9. The lowest BCUT2D eigenvalue weighted by atomic mass is 10.1. The van der Waals surface area contributed by atoms with Crippen molar-refractivity contribution in [3.63, 3.8) is 0 Å². The Morgan fingerprint density at radius 2 is 1.88 bits per heavy atom. The zero-order valence-corrected chi connectivity index (χ0v) is 14.7. The van der Waals surface area contributed by atoms with Crippen LogP contribution in [-0.4, -0.2) is 32.5 Å². The first-order valence-corrected chi connectivity index (χ1v) is 8.09. The van der Waals surface area contributed by atoms with Gasteiger partial charge in [0.05, 0.1) is 12.8 Å². The lowest BCUT2D eigenvalue weighted by Crippen LogP contribution is -2.89. The molecule has 0 radical (unpaired) electrons. The van der Waals surface area contributed by atoms with Crippen LogP contribution in [0.25, 0.3) is 0 Å². The summed E-state index contributed by atoms with van der Waals surface area (Å²) >= 11 is 0. The third kappa shape index (κ3) is 5.06. The summed E-state index contributed by atoms with van der Waals surface area (Å²) in [5.41, 5.74) is 2.46. The van der Waals surface area contributed by atoms with Gasteiger partial charge in [-0.15, -0.1) is 0 Å². The van der Waals surface area contributed by atoms with Gasteiger partial charge in [0.1, 0.15) is 5.75 Å². The molecule has 2 rings (SSSR count). The molecule has 4 N–H and O–H groups in total. The Morgan fingerprint density at radius 3 is 2.52 bits per heavy atom. The van der Waals surface area contributed by atoms with E-state index in [4.69, 9.17) is 4.74 Å². The van der Waals surface area contributed by atoms with E-state index in [1.165, 1.54) is 0 Å². The standard InChI is InChI=1S/C19H23N3O3/c1-13-9-10-16(25-3)15(11-13)22-19(24)18(21-12-17(23)20-2)14-7-5-4-6-8-14/h4-11,18,21H,12H2,1-3H3,(H,20,23)(H,22,24)/p+1/t18-/m0/s1. The number of methoxy groups -OCH3 is 1. The summed E-state index contributed by atoms with van der Waals surface area (Å²) in [5.74, 6) is 0.248. The molecular formula is C19H24N3O3+. The normalized spacial score (nSPS) is 11.5. The Labute approximate surface area is 147 Å². The number of likely N-dealkylation sites (N-methyl/N-ethyl adjacent to an activating group) is 1. The number of nitrogens with two attached hydrogens (primary N) is 1. The highest BCUT2D eigenvalue weighted by molar-refractivity contribution is 5.96. The van der Waals surface area contributed by atoms with Gasteiger partial charge in [-0.05, 0) is 24.6 Å². The minimum absolute atomic E-state index is 0.137. The third-order valence-corrected chi connectivity index (χ3v) is 3.87. The van der Waals surface area contributed by atoms with Gasteiger partial charge in [0.25, 0.3) is 11.8 Å². The van der Waals surface area contributed by atoms with E-state index in [1.807, 2.05) is 55.5 Å². The molecule has 6 heteroatoms. The van der Waals surface area contributed by atoms with Crippen molar-refractivity contribution in [2.24, 2.45) is 0 Å². The smallest absolute Gasteiger partial charge is 0.287 e. The molecule has 2 aromatic carbocycles. The van der Waals surface area contributed by atoms with Crippen molar-refractivity contribution in [2.45, 2.75) is 13.0 Å². The van der Waals surface area contributed by atoms with Crippen molar-refractivity contribution >= 4 is 17.5 Å². The molecule has 0 spiro atoms. The number of hydrogen-bond donors (Lipinski definition) is 3. The molecule has 0 saturated carbocycles. The molecular weight excluding hydrogens is 318 g/mol. The molecule has 0 fully saturated rings. The van der Waals surface area contributed by atoms with Crippen LogP contribution in [0.3, 0.4) is 0 Å². The molecule has 0 aromatic heterocycles. The highest BCUT2D eigenvalue weighted by atomic mass is 16.5. The van der Waals surface area contributed by atoms with Gasteiger partial charge >= 0.3 is 0 Å². The number of carbonyl (C=O) groups is 2. The minimum Gasteiger partial charge on any atom is -0.495 e. The first-order chi connectivity index (χ1) is 12.0. The van der Waals surface area contributed by atoms with Crippen LogP contribution in [0.4, 0.5) is 5.69 Å². The van der Waals surface area contributed by atoms with Crippen molar-refractivity contribution in [1.29, 1.82) is 0 Å². The largest absolute Gasteiger partial charge is 0.495 e.